The van der Waals surface area contributed by atoms with E-state index in [1.54, 1.807) is 0 Å². The van der Waals surface area contributed by atoms with Crippen molar-refractivity contribution in [2.24, 2.45) is 23.7 Å². The SMILES string of the molecule is CC(C)CC1CC2COC(=O)C2C1. The molecule has 1 aliphatic carbocycles. The first-order valence-electron chi connectivity index (χ1n) is 5.33. The van der Waals surface area contributed by atoms with Gasteiger partial charge in [0, 0.05) is 5.92 Å². The molecule has 1 saturated carbocycles. The Morgan fingerprint density at radius 3 is 2.85 bits per heavy atom. The predicted molar refractivity (Wildman–Crippen MR) is 50.1 cm³/mol. The van der Waals surface area contributed by atoms with Gasteiger partial charge in [0.05, 0.1) is 12.5 Å². The Balaban J connectivity index is 1.91. The molecule has 0 aromatic heterocycles. The molecule has 1 saturated heterocycles. The lowest BCUT2D eigenvalue weighted by Crippen LogP contribution is -2.09. The van der Waals surface area contributed by atoms with Gasteiger partial charge in [0.1, 0.15) is 0 Å². The Morgan fingerprint density at radius 1 is 1.46 bits per heavy atom. The molecular weight excluding hydrogens is 164 g/mol. The molecule has 0 aromatic carbocycles. The van der Waals surface area contributed by atoms with E-state index in [-0.39, 0.29) is 11.9 Å². The summed E-state index contributed by atoms with van der Waals surface area (Å²) in [5.74, 6) is 2.42. The number of hydrogen-bond donors (Lipinski definition) is 0. The van der Waals surface area contributed by atoms with E-state index in [0.29, 0.717) is 12.5 Å². The van der Waals surface area contributed by atoms with Gasteiger partial charge in [-0.1, -0.05) is 13.8 Å². The zero-order chi connectivity index (χ0) is 9.42. The van der Waals surface area contributed by atoms with Gasteiger partial charge in [0.25, 0.3) is 0 Å². The zero-order valence-electron chi connectivity index (χ0n) is 8.45. The van der Waals surface area contributed by atoms with Crippen molar-refractivity contribution >= 4 is 5.97 Å². The maximum absolute atomic E-state index is 11.3. The molecule has 0 aromatic rings. The molecule has 13 heavy (non-hydrogen) atoms. The fourth-order valence-corrected chi connectivity index (χ4v) is 2.87. The van der Waals surface area contributed by atoms with Gasteiger partial charge >= 0.3 is 5.97 Å². The first-order valence-corrected chi connectivity index (χ1v) is 5.33. The van der Waals surface area contributed by atoms with Gasteiger partial charge in [0.2, 0.25) is 0 Å². The lowest BCUT2D eigenvalue weighted by atomic mass is 9.95. The van der Waals surface area contributed by atoms with E-state index in [4.69, 9.17) is 4.74 Å². The van der Waals surface area contributed by atoms with Crippen LogP contribution in [0, 0.1) is 23.7 Å². The molecule has 2 nitrogen and oxygen atoms in total. The third-order valence-electron chi connectivity index (χ3n) is 3.34. The summed E-state index contributed by atoms with van der Waals surface area (Å²) in [5.41, 5.74) is 0. The molecule has 3 atom stereocenters. The Bertz CT molecular complexity index is 210. The highest BCUT2D eigenvalue weighted by atomic mass is 16.5. The molecule has 2 rings (SSSR count). The minimum absolute atomic E-state index is 0.0660. The second-order valence-electron chi connectivity index (χ2n) is 4.96. The molecule has 0 bridgehead atoms. The van der Waals surface area contributed by atoms with Gasteiger partial charge in [-0.2, -0.15) is 0 Å². The van der Waals surface area contributed by atoms with Crippen molar-refractivity contribution in [2.45, 2.75) is 33.1 Å². The number of carbonyl (C=O) groups is 1. The third-order valence-corrected chi connectivity index (χ3v) is 3.34. The summed E-state index contributed by atoms with van der Waals surface area (Å²) < 4.78 is 5.03. The average molecular weight is 182 g/mol. The number of fused-ring (bicyclic) bond motifs is 1. The van der Waals surface area contributed by atoms with Gasteiger partial charge in [-0.25, -0.2) is 0 Å². The summed E-state index contributed by atoms with van der Waals surface area (Å²) in [4.78, 5) is 11.3. The quantitative estimate of drug-likeness (QED) is 0.612. The summed E-state index contributed by atoms with van der Waals surface area (Å²) in [7, 11) is 0. The highest BCUT2D eigenvalue weighted by molar-refractivity contribution is 5.75. The molecular formula is C11H18O2. The fraction of sp³-hybridized carbons (Fsp3) is 0.909. The van der Waals surface area contributed by atoms with Crippen LogP contribution in [0.5, 0.6) is 0 Å². The van der Waals surface area contributed by atoms with Crippen molar-refractivity contribution in [2.75, 3.05) is 6.61 Å². The van der Waals surface area contributed by atoms with Crippen LogP contribution in [-0.4, -0.2) is 12.6 Å². The first kappa shape index (κ1) is 9.04. The second kappa shape index (κ2) is 3.32. The van der Waals surface area contributed by atoms with Crippen molar-refractivity contribution in [3.05, 3.63) is 0 Å². The van der Waals surface area contributed by atoms with E-state index in [0.717, 1.165) is 18.3 Å². The smallest absolute Gasteiger partial charge is 0.309 e. The summed E-state index contributed by atoms with van der Waals surface area (Å²) in [5, 5.41) is 0. The van der Waals surface area contributed by atoms with Crippen molar-refractivity contribution in [3.63, 3.8) is 0 Å². The van der Waals surface area contributed by atoms with Gasteiger partial charge in [-0.3, -0.25) is 4.79 Å². The van der Waals surface area contributed by atoms with Crippen LogP contribution in [0.25, 0.3) is 0 Å². The van der Waals surface area contributed by atoms with Crippen LogP contribution in [0.1, 0.15) is 33.1 Å². The second-order valence-corrected chi connectivity index (χ2v) is 4.96. The largest absolute Gasteiger partial charge is 0.465 e. The number of rotatable bonds is 2. The lowest BCUT2D eigenvalue weighted by Gasteiger charge is -2.12. The Labute approximate surface area is 79.7 Å². The van der Waals surface area contributed by atoms with Crippen LogP contribution in [-0.2, 0) is 9.53 Å². The van der Waals surface area contributed by atoms with Gasteiger partial charge in [0.15, 0.2) is 0 Å². The van der Waals surface area contributed by atoms with E-state index in [1.807, 2.05) is 0 Å². The van der Waals surface area contributed by atoms with Gasteiger partial charge in [-0.05, 0) is 31.1 Å². The molecule has 0 spiro atoms. The number of ether oxygens (including phenoxy) is 1. The first-order chi connectivity index (χ1) is 6.16. The molecule has 74 valence electrons. The van der Waals surface area contributed by atoms with Crippen molar-refractivity contribution in [1.29, 1.82) is 0 Å². The monoisotopic (exact) mass is 182 g/mol. The zero-order valence-corrected chi connectivity index (χ0v) is 8.45. The minimum atomic E-state index is 0.0660. The van der Waals surface area contributed by atoms with E-state index in [9.17, 15) is 4.79 Å². The topological polar surface area (TPSA) is 26.3 Å². The Kier molecular flexibility index (Phi) is 2.31. The molecule has 0 amide bonds. The van der Waals surface area contributed by atoms with E-state index < -0.39 is 0 Å². The summed E-state index contributed by atoms with van der Waals surface area (Å²) >= 11 is 0. The minimum Gasteiger partial charge on any atom is -0.465 e. The summed E-state index contributed by atoms with van der Waals surface area (Å²) in [6, 6.07) is 0. The molecule has 3 unspecified atom stereocenters. The van der Waals surface area contributed by atoms with Crippen LogP contribution in [0.4, 0.5) is 0 Å². The van der Waals surface area contributed by atoms with Crippen molar-refractivity contribution < 1.29 is 9.53 Å². The highest BCUT2D eigenvalue weighted by Gasteiger charge is 2.44. The normalized spacial score (nSPS) is 38.1. The Morgan fingerprint density at radius 2 is 2.23 bits per heavy atom. The maximum Gasteiger partial charge on any atom is 0.309 e. The molecule has 1 aliphatic heterocycles. The van der Waals surface area contributed by atoms with Crippen LogP contribution < -0.4 is 0 Å². The molecule has 2 fully saturated rings. The number of esters is 1. The average Bonchev–Trinajstić information content (AvgIpc) is 2.53. The van der Waals surface area contributed by atoms with Crippen molar-refractivity contribution in [1.82, 2.24) is 0 Å². The summed E-state index contributed by atoms with van der Waals surface area (Å²) in [6.45, 7) is 5.21. The fourth-order valence-electron chi connectivity index (χ4n) is 2.87. The lowest BCUT2D eigenvalue weighted by molar-refractivity contribution is -0.141. The van der Waals surface area contributed by atoms with Crippen LogP contribution in [0.3, 0.4) is 0 Å². The standard InChI is InChI=1S/C11H18O2/c1-7(2)3-8-4-9-6-13-11(12)10(9)5-8/h7-10H,3-6H2,1-2H3. The Hall–Kier alpha value is -0.530. The van der Waals surface area contributed by atoms with Gasteiger partial charge in [-0.15, -0.1) is 0 Å². The highest BCUT2D eigenvalue weighted by Crippen LogP contribution is 2.43. The molecule has 0 N–H and O–H groups in total. The van der Waals surface area contributed by atoms with Crippen LogP contribution in [0.15, 0.2) is 0 Å². The molecule has 0 radical (unpaired) electrons. The molecule has 2 aliphatic rings. The van der Waals surface area contributed by atoms with Crippen LogP contribution in [0.2, 0.25) is 0 Å². The molecule has 1 heterocycles. The molecule has 2 heteroatoms. The van der Waals surface area contributed by atoms with Crippen molar-refractivity contribution in [3.8, 4) is 0 Å². The van der Waals surface area contributed by atoms with E-state index in [2.05, 4.69) is 13.8 Å². The number of hydrogen-bond acceptors (Lipinski definition) is 2. The van der Waals surface area contributed by atoms with E-state index >= 15 is 0 Å². The number of cyclic esters (lactones) is 1. The van der Waals surface area contributed by atoms with E-state index in [1.165, 1.54) is 12.8 Å². The van der Waals surface area contributed by atoms with Gasteiger partial charge < -0.3 is 4.74 Å². The number of carbonyl (C=O) groups excluding carboxylic acids is 1. The maximum atomic E-state index is 11.3. The predicted octanol–water partition coefficient (Wildman–Crippen LogP) is 2.23. The van der Waals surface area contributed by atoms with Crippen LogP contribution >= 0.6 is 0 Å². The third kappa shape index (κ3) is 1.72. The summed E-state index contributed by atoms with van der Waals surface area (Å²) in [6.07, 6.45) is 3.58.